The molecular formula is C23H19ClN2O. The van der Waals surface area contributed by atoms with E-state index in [0.717, 1.165) is 22.3 Å². The first-order valence-electron chi connectivity index (χ1n) is 8.85. The highest BCUT2D eigenvalue weighted by Gasteiger charge is 2.16. The number of fused-ring (bicyclic) bond motifs is 1. The predicted molar refractivity (Wildman–Crippen MR) is 111 cm³/mol. The summed E-state index contributed by atoms with van der Waals surface area (Å²) >= 11 is 6.15. The smallest absolute Gasteiger partial charge is 0.261 e. The van der Waals surface area contributed by atoms with Crippen LogP contribution in [0.2, 0.25) is 5.02 Å². The number of hydrogen-bond acceptors (Lipinski definition) is 2. The third-order valence-electron chi connectivity index (χ3n) is 4.81. The molecule has 0 aliphatic carbocycles. The molecule has 0 bridgehead atoms. The zero-order valence-corrected chi connectivity index (χ0v) is 16.0. The van der Waals surface area contributed by atoms with Crippen molar-refractivity contribution in [2.75, 3.05) is 0 Å². The first-order chi connectivity index (χ1) is 13.0. The fourth-order valence-electron chi connectivity index (χ4n) is 3.46. The summed E-state index contributed by atoms with van der Waals surface area (Å²) in [7, 11) is 0. The van der Waals surface area contributed by atoms with Gasteiger partial charge in [-0.2, -0.15) is 0 Å². The summed E-state index contributed by atoms with van der Waals surface area (Å²) < 4.78 is 1.76. The second-order valence-corrected chi connectivity index (χ2v) is 7.18. The molecule has 0 aliphatic rings. The SMILES string of the molecule is Cc1cccc(C)c1-c1nc2cc(Cl)ccc2c(=O)n1Cc1ccccc1. The molecule has 0 saturated carbocycles. The number of benzene rings is 3. The third kappa shape index (κ3) is 3.26. The van der Waals surface area contributed by atoms with Crippen LogP contribution in [0.5, 0.6) is 0 Å². The largest absolute Gasteiger partial charge is 0.288 e. The van der Waals surface area contributed by atoms with Crippen LogP contribution < -0.4 is 5.56 Å². The van der Waals surface area contributed by atoms with Gasteiger partial charge in [0.15, 0.2) is 0 Å². The maximum Gasteiger partial charge on any atom is 0.261 e. The van der Waals surface area contributed by atoms with Gasteiger partial charge >= 0.3 is 0 Å². The molecule has 3 nitrogen and oxygen atoms in total. The van der Waals surface area contributed by atoms with E-state index in [4.69, 9.17) is 16.6 Å². The van der Waals surface area contributed by atoms with E-state index in [2.05, 4.69) is 0 Å². The fourth-order valence-corrected chi connectivity index (χ4v) is 3.63. The monoisotopic (exact) mass is 374 g/mol. The first-order valence-corrected chi connectivity index (χ1v) is 9.23. The molecule has 1 heterocycles. The number of aromatic nitrogens is 2. The van der Waals surface area contributed by atoms with Crippen molar-refractivity contribution in [1.82, 2.24) is 9.55 Å². The average Bonchev–Trinajstić information content (AvgIpc) is 2.65. The fraction of sp³-hybridized carbons (Fsp3) is 0.130. The second kappa shape index (κ2) is 7.01. The van der Waals surface area contributed by atoms with Crippen molar-refractivity contribution in [3.8, 4) is 11.4 Å². The van der Waals surface area contributed by atoms with Crippen LogP contribution in [0.25, 0.3) is 22.3 Å². The standard InChI is InChI=1S/C23H19ClN2O/c1-15-7-6-8-16(2)21(15)22-25-20-13-18(24)11-12-19(20)23(27)26(22)14-17-9-4-3-5-10-17/h3-13H,14H2,1-2H3. The molecule has 4 heteroatoms. The van der Waals surface area contributed by atoms with Gasteiger partial charge in [-0.25, -0.2) is 4.98 Å². The summed E-state index contributed by atoms with van der Waals surface area (Å²) in [6.07, 6.45) is 0. The number of hydrogen-bond donors (Lipinski definition) is 0. The molecule has 0 radical (unpaired) electrons. The lowest BCUT2D eigenvalue weighted by Gasteiger charge is -2.17. The van der Waals surface area contributed by atoms with Gasteiger partial charge in [0.2, 0.25) is 0 Å². The highest BCUT2D eigenvalue weighted by atomic mass is 35.5. The van der Waals surface area contributed by atoms with Crippen LogP contribution in [-0.2, 0) is 6.54 Å². The van der Waals surface area contributed by atoms with Crippen molar-refractivity contribution in [2.24, 2.45) is 0 Å². The van der Waals surface area contributed by atoms with Crippen molar-refractivity contribution in [2.45, 2.75) is 20.4 Å². The molecule has 1 aromatic heterocycles. The molecule has 3 aromatic carbocycles. The number of halogens is 1. The molecule has 0 amide bonds. The molecule has 134 valence electrons. The highest BCUT2D eigenvalue weighted by molar-refractivity contribution is 6.31. The van der Waals surface area contributed by atoms with Gasteiger partial charge in [0.25, 0.3) is 5.56 Å². The Kier molecular flexibility index (Phi) is 4.54. The zero-order chi connectivity index (χ0) is 19.0. The summed E-state index contributed by atoms with van der Waals surface area (Å²) in [6, 6.07) is 21.3. The Hall–Kier alpha value is -2.91. The van der Waals surface area contributed by atoms with Gasteiger partial charge in [0, 0.05) is 10.6 Å². The lowest BCUT2D eigenvalue weighted by atomic mass is 10.0. The normalized spacial score (nSPS) is 11.1. The average molecular weight is 375 g/mol. The maximum atomic E-state index is 13.3. The van der Waals surface area contributed by atoms with E-state index < -0.39 is 0 Å². The van der Waals surface area contributed by atoms with E-state index in [1.165, 1.54) is 0 Å². The van der Waals surface area contributed by atoms with Crippen molar-refractivity contribution in [3.63, 3.8) is 0 Å². The molecule has 4 aromatic rings. The Bertz CT molecular complexity index is 1180. The van der Waals surface area contributed by atoms with E-state index >= 15 is 0 Å². The van der Waals surface area contributed by atoms with Crippen molar-refractivity contribution < 1.29 is 0 Å². The summed E-state index contributed by atoms with van der Waals surface area (Å²) in [4.78, 5) is 18.2. The van der Waals surface area contributed by atoms with E-state index in [0.29, 0.717) is 28.3 Å². The van der Waals surface area contributed by atoms with E-state index in [1.807, 2.05) is 62.4 Å². The van der Waals surface area contributed by atoms with Gasteiger partial charge in [0.1, 0.15) is 5.82 Å². The number of nitrogens with zero attached hydrogens (tertiary/aromatic N) is 2. The van der Waals surface area contributed by atoms with Crippen molar-refractivity contribution in [1.29, 1.82) is 0 Å². The quantitative estimate of drug-likeness (QED) is 0.482. The molecule has 0 spiro atoms. The van der Waals surface area contributed by atoms with Crippen LogP contribution in [0, 0.1) is 13.8 Å². The molecule has 0 N–H and O–H groups in total. The molecular weight excluding hydrogens is 356 g/mol. The Morgan fingerprint density at radius 3 is 2.33 bits per heavy atom. The lowest BCUT2D eigenvalue weighted by Crippen LogP contribution is -2.24. The second-order valence-electron chi connectivity index (χ2n) is 6.74. The Morgan fingerprint density at radius 2 is 1.63 bits per heavy atom. The van der Waals surface area contributed by atoms with Gasteiger partial charge < -0.3 is 0 Å². The Morgan fingerprint density at radius 1 is 0.926 bits per heavy atom. The predicted octanol–water partition coefficient (Wildman–Crippen LogP) is 5.38. The maximum absolute atomic E-state index is 13.3. The Labute approximate surface area is 162 Å². The van der Waals surface area contributed by atoms with E-state index in [9.17, 15) is 4.79 Å². The van der Waals surface area contributed by atoms with Crippen molar-refractivity contribution in [3.05, 3.63) is 98.8 Å². The van der Waals surface area contributed by atoms with Gasteiger partial charge in [-0.15, -0.1) is 0 Å². The van der Waals surface area contributed by atoms with Crippen LogP contribution in [0.4, 0.5) is 0 Å². The topological polar surface area (TPSA) is 34.9 Å². The molecule has 0 atom stereocenters. The minimum Gasteiger partial charge on any atom is -0.288 e. The highest BCUT2D eigenvalue weighted by Crippen LogP contribution is 2.27. The molecule has 0 fully saturated rings. The van der Waals surface area contributed by atoms with Crippen LogP contribution in [-0.4, -0.2) is 9.55 Å². The minimum absolute atomic E-state index is 0.0572. The van der Waals surface area contributed by atoms with Crippen LogP contribution in [0.15, 0.2) is 71.5 Å². The molecule has 27 heavy (non-hydrogen) atoms. The summed E-state index contributed by atoms with van der Waals surface area (Å²) in [6.45, 7) is 4.56. The summed E-state index contributed by atoms with van der Waals surface area (Å²) in [5.41, 5.74) is 4.79. The summed E-state index contributed by atoms with van der Waals surface area (Å²) in [5, 5.41) is 1.15. The van der Waals surface area contributed by atoms with Gasteiger partial charge in [0.05, 0.1) is 17.4 Å². The van der Waals surface area contributed by atoms with Gasteiger partial charge in [-0.3, -0.25) is 9.36 Å². The van der Waals surface area contributed by atoms with Crippen LogP contribution >= 0.6 is 11.6 Å². The van der Waals surface area contributed by atoms with Gasteiger partial charge in [-0.1, -0.05) is 60.1 Å². The van der Waals surface area contributed by atoms with Crippen LogP contribution in [0.1, 0.15) is 16.7 Å². The third-order valence-corrected chi connectivity index (χ3v) is 5.04. The van der Waals surface area contributed by atoms with E-state index in [1.54, 1.807) is 22.8 Å². The summed E-state index contributed by atoms with van der Waals surface area (Å²) in [5.74, 6) is 0.675. The first kappa shape index (κ1) is 17.5. The molecule has 4 rings (SSSR count). The molecule has 0 aliphatic heterocycles. The van der Waals surface area contributed by atoms with Crippen LogP contribution in [0.3, 0.4) is 0 Å². The molecule has 0 unspecified atom stereocenters. The van der Waals surface area contributed by atoms with Crippen molar-refractivity contribution >= 4 is 22.5 Å². The van der Waals surface area contributed by atoms with E-state index in [-0.39, 0.29) is 5.56 Å². The number of aryl methyl sites for hydroxylation is 2. The zero-order valence-electron chi connectivity index (χ0n) is 15.2. The minimum atomic E-state index is -0.0572. The Balaban J connectivity index is 2.06. The number of rotatable bonds is 3. The lowest BCUT2D eigenvalue weighted by molar-refractivity contribution is 0.758. The molecule has 0 saturated heterocycles. The van der Waals surface area contributed by atoms with Gasteiger partial charge in [-0.05, 0) is 48.7 Å².